The van der Waals surface area contributed by atoms with Crippen molar-refractivity contribution in [2.45, 2.75) is 39.8 Å². The summed E-state index contributed by atoms with van der Waals surface area (Å²) in [7, 11) is -3.85. The summed E-state index contributed by atoms with van der Waals surface area (Å²) in [6.45, 7) is 5.61. The minimum atomic E-state index is -3.85. The van der Waals surface area contributed by atoms with Crippen molar-refractivity contribution in [1.29, 1.82) is 0 Å². The normalized spacial score (nSPS) is 12.2. The van der Waals surface area contributed by atoms with E-state index in [1.54, 1.807) is 6.92 Å². The van der Waals surface area contributed by atoms with E-state index >= 15 is 0 Å². The van der Waals surface area contributed by atoms with Gasteiger partial charge in [-0.1, -0.05) is 60.0 Å². The molecule has 0 fully saturated rings. The third-order valence-electron chi connectivity index (χ3n) is 4.97. The molecule has 0 radical (unpaired) electrons. The first-order chi connectivity index (χ1) is 15.4. The zero-order valence-electron chi connectivity index (χ0n) is 19.1. The van der Waals surface area contributed by atoms with E-state index in [0.717, 1.165) is 28.1 Å². The van der Waals surface area contributed by atoms with Gasteiger partial charge in [0.15, 0.2) is 0 Å². The van der Waals surface area contributed by atoms with Crippen LogP contribution in [0.4, 0.5) is 5.69 Å². The first-order valence-corrected chi connectivity index (χ1v) is 13.1. The van der Waals surface area contributed by atoms with E-state index in [1.807, 2.05) is 38.1 Å². The molecule has 2 amide bonds. The van der Waals surface area contributed by atoms with Crippen molar-refractivity contribution in [3.8, 4) is 0 Å². The van der Waals surface area contributed by atoms with Gasteiger partial charge in [-0.05, 0) is 44.0 Å². The minimum Gasteiger partial charge on any atom is -0.354 e. The largest absolute Gasteiger partial charge is 0.354 e. The van der Waals surface area contributed by atoms with Crippen LogP contribution in [-0.4, -0.2) is 50.5 Å². The molecule has 0 aromatic heterocycles. The van der Waals surface area contributed by atoms with Gasteiger partial charge in [0.25, 0.3) is 0 Å². The van der Waals surface area contributed by atoms with E-state index in [9.17, 15) is 18.0 Å². The molecule has 10 heteroatoms. The molecule has 0 unspecified atom stereocenters. The van der Waals surface area contributed by atoms with Gasteiger partial charge in [0.1, 0.15) is 12.6 Å². The number of anilines is 1. The molecule has 180 valence electrons. The van der Waals surface area contributed by atoms with Gasteiger partial charge in [-0.3, -0.25) is 13.9 Å². The molecule has 0 saturated heterocycles. The van der Waals surface area contributed by atoms with E-state index < -0.39 is 28.5 Å². The van der Waals surface area contributed by atoms with Gasteiger partial charge in [0, 0.05) is 23.1 Å². The van der Waals surface area contributed by atoms with E-state index in [-0.39, 0.29) is 28.2 Å². The summed E-state index contributed by atoms with van der Waals surface area (Å²) in [4.78, 5) is 27.5. The molecule has 2 aromatic carbocycles. The van der Waals surface area contributed by atoms with Crippen molar-refractivity contribution < 1.29 is 18.0 Å². The Morgan fingerprint density at radius 3 is 2.27 bits per heavy atom. The quantitative estimate of drug-likeness (QED) is 0.519. The van der Waals surface area contributed by atoms with Crippen LogP contribution in [0, 0.1) is 6.92 Å². The Morgan fingerprint density at radius 2 is 1.73 bits per heavy atom. The molecule has 33 heavy (non-hydrogen) atoms. The van der Waals surface area contributed by atoms with Crippen molar-refractivity contribution in [2.75, 3.05) is 23.7 Å². The van der Waals surface area contributed by atoms with Gasteiger partial charge in [-0.2, -0.15) is 0 Å². The Bertz CT molecular complexity index is 1090. The maximum absolute atomic E-state index is 13.4. The number of aryl methyl sites for hydroxylation is 1. The summed E-state index contributed by atoms with van der Waals surface area (Å²) in [5.74, 6) is -0.841. The smallest absolute Gasteiger partial charge is 0.244 e. The Hall–Kier alpha value is -2.29. The second-order valence-electron chi connectivity index (χ2n) is 7.87. The van der Waals surface area contributed by atoms with Crippen LogP contribution in [0.25, 0.3) is 0 Å². The Balaban J connectivity index is 2.40. The van der Waals surface area contributed by atoms with E-state index in [0.29, 0.717) is 6.54 Å². The van der Waals surface area contributed by atoms with Crippen LogP contribution in [-0.2, 0) is 26.2 Å². The molecule has 1 atom stereocenters. The summed E-state index contributed by atoms with van der Waals surface area (Å²) in [5.41, 5.74) is 2.01. The number of nitrogens with zero attached hydrogens (tertiary/aromatic N) is 2. The number of sulfonamides is 1. The molecule has 0 aliphatic heterocycles. The molecule has 0 aliphatic rings. The van der Waals surface area contributed by atoms with Crippen LogP contribution in [0.15, 0.2) is 42.5 Å². The monoisotopic (exact) mass is 513 g/mol. The number of hydrogen-bond donors (Lipinski definition) is 1. The van der Waals surface area contributed by atoms with Crippen LogP contribution in [0.2, 0.25) is 10.0 Å². The molecule has 0 heterocycles. The molecule has 2 aromatic rings. The standard InChI is InChI=1S/C23H29Cl2N3O4S/c1-5-9-26-23(30)17(3)27(14-18-8-6-7-16(2)10-18)22(29)15-28(33(4,31)32)21-12-19(24)11-20(25)13-21/h6-8,10-13,17H,5,9,14-15H2,1-4H3,(H,26,30)/t17-/m0/s1. The zero-order valence-corrected chi connectivity index (χ0v) is 21.5. The molecule has 2 rings (SSSR count). The fourth-order valence-electron chi connectivity index (χ4n) is 3.28. The van der Waals surface area contributed by atoms with Crippen LogP contribution in [0.1, 0.15) is 31.4 Å². The molecular formula is C23H29Cl2N3O4S. The summed E-state index contributed by atoms with van der Waals surface area (Å²) >= 11 is 12.1. The highest BCUT2D eigenvalue weighted by molar-refractivity contribution is 7.92. The maximum Gasteiger partial charge on any atom is 0.244 e. The average Bonchev–Trinajstić information content (AvgIpc) is 2.71. The minimum absolute atomic E-state index is 0.148. The summed E-state index contributed by atoms with van der Waals surface area (Å²) < 4.78 is 26.0. The Morgan fingerprint density at radius 1 is 1.09 bits per heavy atom. The first kappa shape index (κ1) is 27.0. The fraction of sp³-hybridized carbons (Fsp3) is 0.391. The highest BCUT2D eigenvalue weighted by atomic mass is 35.5. The molecule has 1 N–H and O–H groups in total. The van der Waals surface area contributed by atoms with E-state index in [1.165, 1.54) is 23.1 Å². The first-order valence-electron chi connectivity index (χ1n) is 10.5. The number of rotatable bonds is 10. The number of hydrogen-bond acceptors (Lipinski definition) is 4. The van der Waals surface area contributed by atoms with Crippen LogP contribution in [0.5, 0.6) is 0 Å². The zero-order chi connectivity index (χ0) is 24.8. The van der Waals surface area contributed by atoms with Crippen molar-refractivity contribution in [3.05, 3.63) is 63.6 Å². The average molecular weight is 514 g/mol. The number of carbonyl (C=O) groups is 2. The fourth-order valence-corrected chi connectivity index (χ4v) is 4.63. The predicted octanol–water partition coefficient (Wildman–Crippen LogP) is 4.01. The van der Waals surface area contributed by atoms with E-state index in [4.69, 9.17) is 23.2 Å². The second kappa shape index (κ2) is 11.7. The van der Waals surface area contributed by atoms with Crippen molar-refractivity contribution in [3.63, 3.8) is 0 Å². The lowest BCUT2D eigenvalue weighted by atomic mass is 10.1. The lowest BCUT2D eigenvalue weighted by molar-refractivity contribution is -0.139. The molecule has 0 bridgehead atoms. The van der Waals surface area contributed by atoms with Gasteiger partial charge in [-0.15, -0.1) is 0 Å². The lowest BCUT2D eigenvalue weighted by Crippen LogP contribution is -2.51. The molecule has 0 saturated carbocycles. The van der Waals surface area contributed by atoms with Crippen molar-refractivity contribution in [1.82, 2.24) is 10.2 Å². The van der Waals surface area contributed by atoms with Gasteiger partial charge < -0.3 is 10.2 Å². The molecule has 7 nitrogen and oxygen atoms in total. The molecular weight excluding hydrogens is 485 g/mol. The van der Waals surface area contributed by atoms with Gasteiger partial charge in [0.05, 0.1) is 11.9 Å². The van der Waals surface area contributed by atoms with E-state index in [2.05, 4.69) is 5.32 Å². The summed E-state index contributed by atoms with van der Waals surface area (Å²) in [6.07, 6.45) is 1.75. The molecule has 0 aliphatic carbocycles. The highest BCUT2D eigenvalue weighted by Gasteiger charge is 2.30. The van der Waals surface area contributed by atoms with Crippen molar-refractivity contribution in [2.24, 2.45) is 0 Å². The predicted molar refractivity (Wildman–Crippen MR) is 133 cm³/mol. The number of nitrogens with one attached hydrogen (secondary N) is 1. The number of benzene rings is 2. The van der Waals surface area contributed by atoms with Gasteiger partial charge >= 0.3 is 0 Å². The van der Waals surface area contributed by atoms with Crippen LogP contribution < -0.4 is 9.62 Å². The SMILES string of the molecule is CCCNC(=O)[C@H](C)N(Cc1cccc(C)c1)C(=O)CN(c1cc(Cl)cc(Cl)c1)S(C)(=O)=O. The number of carbonyl (C=O) groups excluding carboxylic acids is 2. The molecule has 0 spiro atoms. The summed E-state index contributed by atoms with van der Waals surface area (Å²) in [6, 6.07) is 11.1. The third kappa shape index (κ3) is 7.91. The van der Waals surface area contributed by atoms with Crippen molar-refractivity contribution >= 4 is 50.7 Å². The maximum atomic E-state index is 13.4. The Kier molecular flexibility index (Phi) is 9.57. The Labute approximate surface area is 205 Å². The van der Waals surface area contributed by atoms with Crippen LogP contribution >= 0.6 is 23.2 Å². The number of amides is 2. The van der Waals surface area contributed by atoms with Gasteiger partial charge in [-0.25, -0.2) is 8.42 Å². The second-order valence-corrected chi connectivity index (χ2v) is 10.7. The topological polar surface area (TPSA) is 86.8 Å². The van der Waals surface area contributed by atoms with Gasteiger partial charge in [0.2, 0.25) is 21.8 Å². The highest BCUT2D eigenvalue weighted by Crippen LogP contribution is 2.27. The third-order valence-corrected chi connectivity index (χ3v) is 6.54. The lowest BCUT2D eigenvalue weighted by Gasteiger charge is -2.31. The summed E-state index contributed by atoms with van der Waals surface area (Å²) in [5, 5.41) is 3.27. The number of halogens is 2. The van der Waals surface area contributed by atoms with Crippen LogP contribution in [0.3, 0.4) is 0 Å².